The monoisotopic (exact) mass is 234 g/mol. The second-order valence-electron chi connectivity index (χ2n) is 1.31. The van der Waals surface area contributed by atoms with E-state index < -0.39 is 11.9 Å². The van der Waals surface area contributed by atoms with E-state index in [1.165, 1.54) is 0 Å². The first-order valence-electron chi connectivity index (χ1n) is 2.06. The Labute approximate surface area is 116 Å². The van der Waals surface area contributed by atoms with Crippen molar-refractivity contribution < 1.29 is 69.3 Å². The summed E-state index contributed by atoms with van der Waals surface area (Å²) >= 11 is 2.85. The van der Waals surface area contributed by atoms with E-state index in [-0.39, 0.29) is 63.6 Å². The number of rotatable bonds is 0. The maximum atomic E-state index is 10.4. The van der Waals surface area contributed by atoms with Gasteiger partial charge in [-0.25, -0.2) is 0 Å². The standard InChI is InChI=1S/C4H3BrN2O2.2Na/c5-2-1-6-4(9)7-3(2)8;;/h1H,(H2,6,7,8,9);;/q;2*+1/p-2. The smallest absolute Gasteiger partial charge is 0.858 e. The summed E-state index contributed by atoms with van der Waals surface area (Å²) in [4.78, 5) is 6.23. The molecule has 1 rings (SSSR count). The van der Waals surface area contributed by atoms with Crippen LogP contribution in [0.3, 0.4) is 0 Å². The fourth-order valence-electron chi connectivity index (χ4n) is 0.336. The molecule has 0 bridgehead atoms. The first-order valence-corrected chi connectivity index (χ1v) is 2.86. The van der Waals surface area contributed by atoms with Crippen molar-refractivity contribution in [1.29, 1.82) is 0 Å². The van der Waals surface area contributed by atoms with Crippen LogP contribution in [0.15, 0.2) is 10.7 Å². The molecule has 1 aromatic rings. The molecule has 0 spiro atoms. The van der Waals surface area contributed by atoms with Gasteiger partial charge in [-0.1, -0.05) is 0 Å². The van der Waals surface area contributed by atoms with Crippen LogP contribution in [0, 0.1) is 0 Å². The minimum Gasteiger partial charge on any atom is -0.858 e. The Morgan fingerprint density at radius 2 is 1.82 bits per heavy atom. The third-order valence-corrected chi connectivity index (χ3v) is 1.23. The predicted molar refractivity (Wildman–Crippen MR) is 28.6 cm³/mol. The van der Waals surface area contributed by atoms with Crippen LogP contribution in [0.2, 0.25) is 0 Å². The molecule has 0 amide bonds. The SMILES string of the molecule is [Na+].[Na+].[O-]c1ncc(Br)c([O-])n1. The summed E-state index contributed by atoms with van der Waals surface area (Å²) in [5.74, 6) is -0.574. The van der Waals surface area contributed by atoms with Gasteiger partial charge in [-0.15, -0.1) is 0 Å². The first kappa shape index (κ1) is 14.7. The van der Waals surface area contributed by atoms with Gasteiger partial charge in [0.2, 0.25) is 0 Å². The summed E-state index contributed by atoms with van der Waals surface area (Å²) in [6.45, 7) is 0. The zero-order chi connectivity index (χ0) is 6.85. The molecule has 0 radical (unpaired) electrons. The molecule has 1 aromatic heterocycles. The van der Waals surface area contributed by atoms with Crippen LogP contribution in [0.5, 0.6) is 11.9 Å². The van der Waals surface area contributed by atoms with Crippen LogP contribution in [0.25, 0.3) is 0 Å². The van der Waals surface area contributed by atoms with Crippen molar-refractivity contribution in [3.63, 3.8) is 0 Å². The Kier molecular flexibility index (Phi) is 8.87. The van der Waals surface area contributed by atoms with Gasteiger partial charge in [0.25, 0.3) is 0 Å². The Bertz CT molecular complexity index is 235. The van der Waals surface area contributed by atoms with Crippen molar-refractivity contribution in [3.05, 3.63) is 10.7 Å². The van der Waals surface area contributed by atoms with Gasteiger partial charge in [-0.2, -0.15) is 0 Å². The number of hydrogen-bond donors (Lipinski definition) is 0. The fourth-order valence-corrected chi connectivity index (χ4v) is 0.527. The van der Waals surface area contributed by atoms with Gasteiger partial charge in [-0.05, 0) is 15.9 Å². The molecule has 0 saturated heterocycles. The second-order valence-corrected chi connectivity index (χ2v) is 2.16. The Balaban J connectivity index is 0. The van der Waals surface area contributed by atoms with E-state index in [2.05, 4.69) is 25.9 Å². The molecule has 0 saturated carbocycles. The summed E-state index contributed by atoms with van der Waals surface area (Å²) < 4.78 is 0.210. The molecule has 0 atom stereocenters. The van der Waals surface area contributed by atoms with E-state index in [0.717, 1.165) is 6.20 Å². The maximum Gasteiger partial charge on any atom is 1.00 e. The number of aromatic nitrogens is 2. The van der Waals surface area contributed by atoms with Crippen LogP contribution >= 0.6 is 15.9 Å². The first-order chi connectivity index (χ1) is 4.20. The van der Waals surface area contributed by atoms with Gasteiger partial charge in [0, 0.05) is 16.5 Å². The van der Waals surface area contributed by atoms with E-state index in [0.29, 0.717) is 0 Å². The van der Waals surface area contributed by atoms with Crippen LogP contribution in [-0.2, 0) is 0 Å². The molecule has 0 aromatic carbocycles. The average Bonchev–Trinajstić information content (AvgIpc) is 1.80. The fraction of sp³-hybridized carbons (Fsp3) is 0. The van der Waals surface area contributed by atoms with Crippen molar-refractivity contribution in [2.24, 2.45) is 0 Å². The Morgan fingerprint density at radius 3 is 2.18 bits per heavy atom. The molecule has 48 valence electrons. The van der Waals surface area contributed by atoms with Crippen LogP contribution in [0.1, 0.15) is 0 Å². The zero-order valence-electron chi connectivity index (χ0n) is 6.17. The maximum absolute atomic E-state index is 10.4. The zero-order valence-corrected chi connectivity index (χ0v) is 11.8. The van der Waals surface area contributed by atoms with Gasteiger partial charge < -0.3 is 10.2 Å². The average molecular weight is 235 g/mol. The summed E-state index contributed by atoms with van der Waals surface area (Å²) in [5, 5.41) is 20.6. The largest absolute Gasteiger partial charge is 1.00 e. The summed E-state index contributed by atoms with van der Waals surface area (Å²) in [6, 6.07) is -0.747. The third-order valence-electron chi connectivity index (χ3n) is 0.690. The van der Waals surface area contributed by atoms with Crippen LogP contribution in [-0.4, -0.2) is 9.97 Å². The molecule has 11 heavy (non-hydrogen) atoms. The summed E-state index contributed by atoms with van der Waals surface area (Å²) in [6.07, 6.45) is 1.14. The number of halogens is 1. The van der Waals surface area contributed by atoms with E-state index in [9.17, 15) is 10.2 Å². The van der Waals surface area contributed by atoms with E-state index in [1.54, 1.807) is 0 Å². The Morgan fingerprint density at radius 1 is 1.27 bits per heavy atom. The second kappa shape index (κ2) is 6.65. The van der Waals surface area contributed by atoms with Gasteiger partial charge in [0.1, 0.15) is 0 Å². The van der Waals surface area contributed by atoms with Gasteiger partial charge >= 0.3 is 59.1 Å². The molecule has 0 aliphatic carbocycles. The third kappa shape index (κ3) is 4.67. The molecule has 4 nitrogen and oxygen atoms in total. The quantitative estimate of drug-likeness (QED) is 0.419. The molecule has 0 aliphatic heterocycles. The van der Waals surface area contributed by atoms with E-state index >= 15 is 0 Å². The van der Waals surface area contributed by atoms with E-state index in [4.69, 9.17) is 0 Å². The number of nitrogens with zero attached hydrogens (tertiary/aromatic N) is 2. The molecular weight excluding hydrogens is 234 g/mol. The molecule has 0 aliphatic rings. The number of hydrogen-bond acceptors (Lipinski definition) is 4. The minimum atomic E-state index is -0.747. The van der Waals surface area contributed by atoms with Gasteiger partial charge in [-0.3, -0.25) is 9.97 Å². The molecule has 0 fully saturated rings. The summed E-state index contributed by atoms with van der Waals surface area (Å²) in [7, 11) is 0. The molecular formula is C4HBrN2Na2O2. The van der Waals surface area contributed by atoms with Crippen molar-refractivity contribution in [2.75, 3.05) is 0 Å². The Hall–Kier alpha value is 1.16. The van der Waals surface area contributed by atoms with Crippen molar-refractivity contribution >= 4 is 15.9 Å². The summed E-state index contributed by atoms with van der Waals surface area (Å²) in [5.41, 5.74) is 0. The van der Waals surface area contributed by atoms with Crippen molar-refractivity contribution in [1.82, 2.24) is 9.97 Å². The normalized spacial score (nSPS) is 7.73. The van der Waals surface area contributed by atoms with Gasteiger partial charge in [0.15, 0.2) is 0 Å². The van der Waals surface area contributed by atoms with Crippen molar-refractivity contribution in [2.45, 2.75) is 0 Å². The molecule has 0 N–H and O–H groups in total. The minimum absolute atomic E-state index is 0. The van der Waals surface area contributed by atoms with Gasteiger partial charge in [0.05, 0.1) is 6.01 Å². The molecule has 1 heterocycles. The predicted octanol–water partition coefficient (Wildman–Crippen LogP) is -6.61. The van der Waals surface area contributed by atoms with Crippen LogP contribution < -0.4 is 69.3 Å². The van der Waals surface area contributed by atoms with Crippen molar-refractivity contribution in [3.8, 4) is 11.9 Å². The van der Waals surface area contributed by atoms with E-state index in [1.807, 2.05) is 0 Å². The topological polar surface area (TPSA) is 71.9 Å². The molecule has 0 unspecified atom stereocenters. The molecule has 7 heteroatoms. The van der Waals surface area contributed by atoms with Crippen LogP contribution in [0.4, 0.5) is 0 Å².